The Hall–Kier alpha value is -2.41. The predicted octanol–water partition coefficient (Wildman–Crippen LogP) is 6.05. The number of rotatable bonds is 6. The second-order valence-corrected chi connectivity index (χ2v) is 11.7. The number of phenolic OH excluding ortho intramolecular Hbond substituents is 1. The molecule has 7 heteroatoms. The molecule has 0 bridgehead atoms. The van der Waals surface area contributed by atoms with Gasteiger partial charge in [-0.05, 0) is 99.3 Å². The lowest BCUT2D eigenvalue weighted by molar-refractivity contribution is -0.116. The average Bonchev–Trinajstić information content (AvgIpc) is 3.35. The van der Waals surface area contributed by atoms with E-state index >= 15 is 0 Å². The quantitative estimate of drug-likeness (QED) is 0.492. The standard InChI is InChI=1S/C27H35N3O3S/c1-4-33-30-23-14-18(6-10-24(32)29-26-28-15-16(2)34-26)25-22-8-5-17-13-19(31)7-9-20(17)21(22)11-12-27(23,25)3/h7,9,13,15,18,21-22,25,31H,4-6,8,10-12,14H2,1-3H3,(H,28,29,32)/b30-23+. The molecule has 2 N–H and O–H groups in total. The highest BCUT2D eigenvalue weighted by molar-refractivity contribution is 7.15. The number of benzene rings is 1. The highest BCUT2D eigenvalue weighted by Crippen LogP contribution is 2.62. The van der Waals surface area contributed by atoms with E-state index in [1.165, 1.54) is 28.2 Å². The second kappa shape index (κ2) is 9.33. The van der Waals surface area contributed by atoms with Gasteiger partial charge in [0.2, 0.25) is 5.91 Å². The van der Waals surface area contributed by atoms with Gasteiger partial charge in [0, 0.05) is 22.9 Å². The highest BCUT2D eigenvalue weighted by atomic mass is 32.1. The summed E-state index contributed by atoms with van der Waals surface area (Å²) in [6.45, 7) is 6.93. The molecule has 5 atom stereocenters. The van der Waals surface area contributed by atoms with Crippen LogP contribution < -0.4 is 5.32 Å². The molecule has 2 saturated carbocycles. The zero-order chi connectivity index (χ0) is 23.9. The minimum atomic E-state index is 0.0261. The molecule has 0 saturated heterocycles. The Kier molecular flexibility index (Phi) is 6.40. The van der Waals surface area contributed by atoms with Crippen molar-refractivity contribution in [1.82, 2.24) is 4.98 Å². The molecule has 0 aliphatic heterocycles. The van der Waals surface area contributed by atoms with Crippen molar-refractivity contribution in [3.63, 3.8) is 0 Å². The van der Waals surface area contributed by atoms with Crippen LogP contribution in [-0.2, 0) is 16.1 Å². The van der Waals surface area contributed by atoms with Crippen LogP contribution in [0.5, 0.6) is 5.75 Å². The SMILES string of the molecule is CCO/N=C1\CC(CCC(=O)Nc2ncc(C)s2)C2C3CCc4cc(O)ccc4C3CCC12C. The summed E-state index contributed by atoms with van der Waals surface area (Å²) in [5, 5.41) is 18.3. The van der Waals surface area contributed by atoms with Crippen LogP contribution in [0.2, 0.25) is 0 Å². The Balaban J connectivity index is 1.38. The maximum absolute atomic E-state index is 12.7. The van der Waals surface area contributed by atoms with Crippen molar-refractivity contribution in [3.05, 3.63) is 40.4 Å². The fourth-order valence-electron chi connectivity index (χ4n) is 7.11. The fourth-order valence-corrected chi connectivity index (χ4v) is 7.79. The third-order valence-corrected chi connectivity index (χ3v) is 9.33. The highest BCUT2D eigenvalue weighted by Gasteiger charge is 2.57. The molecule has 0 radical (unpaired) electrons. The van der Waals surface area contributed by atoms with E-state index < -0.39 is 0 Å². The largest absolute Gasteiger partial charge is 0.508 e. The number of carbonyl (C=O) groups excluding carboxylic acids is 1. The van der Waals surface area contributed by atoms with Crippen molar-refractivity contribution in [1.29, 1.82) is 0 Å². The Morgan fingerprint density at radius 2 is 2.24 bits per heavy atom. The molecule has 34 heavy (non-hydrogen) atoms. The van der Waals surface area contributed by atoms with Crippen LogP contribution in [0, 0.1) is 30.1 Å². The molecule has 0 spiro atoms. The summed E-state index contributed by atoms with van der Waals surface area (Å²) in [7, 11) is 0. The van der Waals surface area contributed by atoms with Crippen molar-refractivity contribution in [2.45, 2.75) is 71.6 Å². The van der Waals surface area contributed by atoms with Crippen LogP contribution >= 0.6 is 11.3 Å². The maximum Gasteiger partial charge on any atom is 0.226 e. The van der Waals surface area contributed by atoms with Gasteiger partial charge in [0.05, 0.1) is 5.71 Å². The van der Waals surface area contributed by atoms with Crippen molar-refractivity contribution in [2.24, 2.45) is 28.3 Å². The number of oxime groups is 1. The van der Waals surface area contributed by atoms with Gasteiger partial charge in [0.15, 0.2) is 5.13 Å². The van der Waals surface area contributed by atoms with E-state index in [2.05, 4.69) is 28.4 Å². The lowest BCUT2D eigenvalue weighted by Gasteiger charge is -2.50. The van der Waals surface area contributed by atoms with Crippen LogP contribution in [0.15, 0.2) is 29.6 Å². The van der Waals surface area contributed by atoms with Gasteiger partial charge in [-0.15, -0.1) is 11.3 Å². The summed E-state index contributed by atoms with van der Waals surface area (Å²) in [6, 6.07) is 5.94. The Bertz CT molecular complexity index is 1100. The van der Waals surface area contributed by atoms with Gasteiger partial charge in [-0.2, -0.15) is 0 Å². The monoisotopic (exact) mass is 481 g/mol. The lowest BCUT2D eigenvalue weighted by Crippen LogP contribution is -2.44. The molecule has 3 aliphatic rings. The number of aromatic nitrogens is 1. The zero-order valence-electron chi connectivity index (χ0n) is 20.3. The Morgan fingerprint density at radius 3 is 3.00 bits per heavy atom. The van der Waals surface area contributed by atoms with Crippen LogP contribution in [0.4, 0.5) is 5.13 Å². The van der Waals surface area contributed by atoms with Gasteiger partial charge in [0.1, 0.15) is 12.4 Å². The molecular weight excluding hydrogens is 446 g/mol. The molecule has 5 rings (SSSR count). The summed E-state index contributed by atoms with van der Waals surface area (Å²) in [5.74, 6) is 2.40. The minimum Gasteiger partial charge on any atom is -0.508 e. The van der Waals surface area contributed by atoms with Crippen LogP contribution in [0.25, 0.3) is 0 Å². The first-order chi connectivity index (χ1) is 16.4. The molecule has 1 aromatic heterocycles. The first-order valence-corrected chi connectivity index (χ1v) is 13.4. The van der Waals surface area contributed by atoms with Crippen molar-refractivity contribution < 1.29 is 14.7 Å². The summed E-state index contributed by atoms with van der Waals surface area (Å²) in [6.07, 6.45) is 8.42. The summed E-state index contributed by atoms with van der Waals surface area (Å²) < 4.78 is 0. The fraction of sp³-hybridized carbons (Fsp3) is 0.593. The molecule has 2 fully saturated rings. The van der Waals surface area contributed by atoms with Gasteiger partial charge in [0.25, 0.3) is 0 Å². The summed E-state index contributed by atoms with van der Waals surface area (Å²) in [5.41, 5.74) is 3.94. The number of carbonyl (C=O) groups is 1. The topological polar surface area (TPSA) is 83.8 Å². The van der Waals surface area contributed by atoms with Crippen molar-refractivity contribution >= 4 is 28.1 Å². The number of amides is 1. The third kappa shape index (κ3) is 4.23. The number of fused-ring (bicyclic) bond motifs is 5. The molecular formula is C27H35N3O3S. The van der Waals surface area contributed by atoms with E-state index in [9.17, 15) is 9.90 Å². The molecule has 1 heterocycles. The van der Waals surface area contributed by atoms with Gasteiger partial charge in [-0.1, -0.05) is 18.1 Å². The lowest BCUT2D eigenvalue weighted by atomic mass is 9.54. The number of anilines is 1. The van der Waals surface area contributed by atoms with E-state index in [4.69, 9.17) is 4.84 Å². The Labute approximate surface area is 205 Å². The van der Waals surface area contributed by atoms with Gasteiger partial charge >= 0.3 is 0 Å². The molecule has 2 aromatic rings. The second-order valence-electron chi connectivity index (χ2n) is 10.5. The van der Waals surface area contributed by atoms with Crippen molar-refractivity contribution in [3.8, 4) is 5.75 Å². The predicted molar refractivity (Wildman–Crippen MR) is 135 cm³/mol. The maximum atomic E-state index is 12.7. The molecule has 3 aliphatic carbocycles. The zero-order valence-corrected chi connectivity index (χ0v) is 21.2. The van der Waals surface area contributed by atoms with Crippen LogP contribution in [0.1, 0.15) is 74.3 Å². The molecule has 5 unspecified atom stereocenters. The third-order valence-electron chi connectivity index (χ3n) is 8.50. The number of hydrogen-bond donors (Lipinski definition) is 2. The first kappa shape index (κ1) is 23.3. The molecule has 1 amide bonds. The first-order valence-electron chi connectivity index (χ1n) is 12.6. The normalized spacial score (nSPS) is 31.0. The van der Waals surface area contributed by atoms with Gasteiger partial charge < -0.3 is 15.3 Å². The number of phenols is 1. The van der Waals surface area contributed by atoms with E-state index in [-0.39, 0.29) is 11.3 Å². The van der Waals surface area contributed by atoms with Crippen LogP contribution in [-0.4, -0.2) is 28.3 Å². The van der Waals surface area contributed by atoms with E-state index in [1.807, 2.05) is 26.0 Å². The number of nitrogens with zero attached hydrogens (tertiary/aromatic N) is 2. The molecule has 182 valence electrons. The molecule has 6 nitrogen and oxygen atoms in total. The number of nitrogens with one attached hydrogen (secondary N) is 1. The minimum absolute atomic E-state index is 0.0261. The average molecular weight is 482 g/mol. The van der Waals surface area contributed by atoms with Crippen molar-refractivity contribution in [2.75, 3.05) is 11.9 Å². The summed E-state index contributed by atoms with van der Waals surface area (Å²) >= 11 is 1.51. The number of aromatic hydroxyl groups is 1. The molecule has 1 aromatic carbocycles. The van der Waals surface area contributed by atoms with E-state index in [0.717, 1.165) is 43.4 Å². The number of thiazole rings is 1. The number of hydrogen-bond acceptors (Lipinski definition) is 6. The Morgan fingerprint density at radius 1 is 1.38 bits per heavy atom. The van der Waals surface area contributed by atoms with Gasteiger partial charge in [-0.25, -0.2) is 4.98 Å². The van der Waals surface area contributed by atoms with E-state index in [1.54, 1.807) is 6.20 Å². The van der Waals surface area contributed by atoms with Gasteiger partial charge in [-0.3, -0.25) is 4.79 Å². The smallest absolute Gasteiger partial charge is 0.226 e. The summed E-state index contributed by atoms with van der Waals surface area (Å²) in [4.78, 5) is 23.7. The number of aryl methyl sites for hydroxylation is 2. The van der Waals surface area contributed by atoms with E-state index in [0.29, 0.717) is 47.6 Å². The van der Waals surface area contributed by atoms with Crippen LogP contribution in [0.3, 0.4) is 0 Å².